The van der Waals surface area contributed by atoms with E-state index in [9.17, 15) is 9.18 Å². The summed E-state index contributed by atoms with van der Waals surface area (Å²) in [4.78, 5) is 16.6. The fourth-order valence-electron chi connectivity index (χ4n) is 3.04. The van der Waals surface area contributed by atoms with Crippen molar-refractivity contribution in [3.63, 3.8) is 0 Å². The van der Waals surface area contributed by atoms with Gasteiger partial charge in [-0.2, -0.15) is 0 Å². The van der Waals surface area contributed by atoms with Crippen LogP contribution >= 0.6 is 0 Å². The quantitative estimate of drug-likeness (QED) is 0.768. The molecule has 2 aromatic carbocycles. The normalized spacial score (nSPS) is 15.2. The van der Waals surface area contributed by atoms with E-state index in [1.807, 2.05) is 24.3 Å². The zero-order valence-electron chi connectivity index (χ0n) is 15.8. The Hall–Kier alpha value is -2.95. The van der Waals surface area contributed by atoms with Gasteiger partial charge in [-0.25, -0.2) is 9.38 Å². The maximum absolute atomic E-state index is 13.3. The molecule has 1 heterocycles. The van der Waals surface area contributed by atoms with Crippen molar-refractivity contribution < 1.29 is 13.9 Å². The first-order valence-corrected chi connectivity index (χ1v) is 8.99. The van der Waals surface area contributed by atoms with Crippen LogP contribution in [0.15, 0.2) is 53.2 Å². The van der Waals surface area contributed by atoms with Crippen LogP contribution in [-0.2, 0) is 11.2 Å². The molecule has 1 aliphatic heterocycles. The van der Waals surface area contributed by atoms with E-state index in [1.165, 1.54) is 12.1 Å². The Kier molecular flexibility index (Phi) is 5.69. The van der Waals surface area contributed by atoms with E-state index in [0.717, 1.165) is 22.4 Å². The fraction of sp³-hybridized carbons (Fsp3) is 0.273. The molecule has 1 N–H and O–H groups in total. The van der Waals surface area contributed by atoms with Gasteiger partial charge in [0.05, 0.1) is 7.11 Å². The average molecular weight is 366 g/mol. The molecule has 1 aliphatic rings. The number of amides is 1. The third kappa shape index (κ3) is 4.61. The Morgan fingerprint density at radius 2 is 2.00 bits per heavy atom. The Morgan fingerprint density at radius 1 is 1.19 bits per heavy atom. The smallest absolute Gasteiger partial charge is 0.275 e. The van der Waals surface area contributed by atoms with Crippen molar-refractivity contribution in [3.05, 3.63) is 70.7 Å². The number of carbonyl (C=O) groups excluding carboxylic acids is 1. The van der Waals surface area contributed by atoms with E-state index in [1.54, 1.807) is 19.3 Å². The number of benzene rings is 2. The Bertz CT molecular complexity index is 916. The first-order chi connectivity index (χ1) is 13.0. The summed E-state index contributed by atoms with van der Waals surface area (Å²) in [5.41, 5.74) is 3.24. The van der Waals surface area contributed by atoms with Crippen molar-refractivity contribution in [3.8, 4) is 5.75 Å². The molecule has 0 atom stereocenters. The number of carbonyl (C=O) groups is 1. The van der Waals surface area contributed by atoms with Gasteiger partial charge < -0.3 is 10.1 Å². The minimum absolute atomic E-state index is 0.217. The molecular weight excluding hydrogens is 343 g/mol. The van der Waals surface area contributed by atoms with Crippen LogP contribution in [-0.4, -0.2) is 18.9 Å². The summed E-state index contributed by atoms with van der Waals surface area (Å²) in [5, 5.41) is 2.79. The number of halogens is 1. The second-order valence-electron chi connectivity index (χ2n) is 6.83. The molecular formula is C22H23FN2O2. The lowest BCUT2D eigenvalue weighted by atomic mass is 9.99. The lowest BCUT2D eigenvalue weighted by Gasteiger charge is -2.12. The predicted molar refractivity (Wildman–Crippen MR) is 105 cm³/mol. The highest BCUT2D eigenvalue weighted by molar-refractivity contribution is 6.14. The first-order valence-electron chi connectivity index (χ1n) is 8.99. The molecule has 2 aromatic rings. The van der Waals surface area contributed by atoms with Gasteiger partial charge in [-0.3, -0.25) is 4.79 Å². The molecule has 0 radical (unpaired) electrons. The van der Waals surface area contributed by atoms with Gasteiger partial charge in [-0.05, 0) is 59.4 Å². The lowest BCUT2D eigenvalue weighted by molar-refractivity contribution is -0.115. The molecule has 0 saturated carbocycles. The van der Waals surface area contributed by atoms with Gasteiger partial charge in [0.1, 0.15) is 23.1 Å². The highest BCUT2D eigenvalue weighted by atomic mass is 19.1. The highest BCUT2D eigenvalue weighted by Gasteiger charge is 2.20. The van der Waals surface area contributed by atoms with Crippen LogP contribution in [0.3, 0.4) is 0 Å². The first kappa shape index (κ1) is 18.8. The summed E-state index contributed by atoms with van der Waals surface area (Å²) >= 11 is 0. The summed E-state index contributed by atoms with van der Waals surface area (Å²) in [5.74, 6) is 1.27. The molecule has 3 rings (SSSR count). The minimum atomic E-state index is -0.258. The van der Waals surface area contributed by atoms with Crippen molar-refractivity contribution in [2.75, 3.05) is 7.11 Å². The number of nitrogens with zero attached hydrogens (tertiary/aromatic N) is 1. The molecule has 140 valence electrons. The van der Waals surface area contributed by atoms with Crippen molar-refractivity contribution >= 4 is 17.8 Å². The summed E-state index contributed by atoms with van der Waals surface area (Å²) in [7, 11) is 1.65. The number of nitrogens with one attached hydrogen (secondary N) is 1. The van der Waals surface area contributed by atoms with Gasteiger partial charge >= 0.3 is 0 Å². The molecule has 5 heteroatoms. The monoisotopic (exact) mass is 366 g/mol. The van der Waals surface area contributed by atoms with E-state index in [-0.39, 0.29) is 11.7 Å². The Labute approximate surface area is 158 Å². The van der Waals surface area contributed by atoms with Crippen molar-refractivity contribution in [2.45, 2.75) is 32.6 Å². The van der Waals surface area contributed by atoms with E-state index in [4.69, 9.17) is 4.74 Å². The number of ether oxygens (including phenoxy) is 1. The van der Waals surface area contributed by atoms with Crippen molar-refractivity contribution in [1.29, 1.82) is 0 Å². The summed E-state index contributed by atoms with van der Waals surface area (Å²) in [6.07, 6.45) is 2.94. The van der Waals surface area contributed by atoms with Gasteiger partial charge in [-0.1, -0.05) is 32.0 Å². The fourth-order valence-corrected chi connectivity index (χ4v) is 3.04. The summed E-state index contributed by atoms with van der Waals surface area (Å²) in [6.45, 7) is 4.19. The molecule has 1 amide bonds. The molecule has 0 fully saturated rings. The zero-order chi connectivity index (χ0) is 19.4. The molecule has 0 spiro atoms. The van der Waals surface area contributed by atoms with Crippen LogP contribution in [0.1, 0.15) is 42.9 Å². The SMILES string of the molecule is COc1ccc(/C=C2/N=C(CCc3cccc(F)c3)NC2=O)cc1C(C)C. The zero-order valence-corrected chi connectivity index (χ0v) is 15.8. The molecule has 0 aliphatic carbocycles. The van der Waals surface area contributed by atoms with E-state index in [2.05, 4.69) is 24.2 Å². The number of amidine groups is 1. The van der Waals surface area contributed by atoms with Crippen LogP contribution in [0.5, 0.6) is 5.75 Å². The number of rotatable bonds is 6. The minimum Gasteiger partial charge on any atom is -0.496 e. The van der Waals surface area contributed by atoms with Gasteiger partial charge in [0, 0.05) is 6.42 Å². The molecule has 0 saturated heterocycles. The van der Waals surface area contributed by atoms with Crippen LogP contribution < -0.4 is 10.1 Å². The second kappa shape index (κ2) is 8.16. The number of aryl methyl sites for hydroxylation is 1. The summed E-state index contributed by atoms with van der Waals surface area (Å²) < 4.78 is 18.7. The van der Waals surface area contributed by atoms with Gasteiger partial charge in [0.25, 0.3) is 5.91 Å². The van der Waals surface area contributed by atoms with Gasteiger partial charge in [0.2, 0.25) is 0 Å². The average Bonchev–Trinajstić information content (AvgIpc) is 2.99. The van der Waals surface area contributed by atoms with Crippen LogP contribution in [0.2, 0.25) is 0 Å². The van der Waals surface area contributed by atoms with Gasteiger partial charge in [-0.15, -0.1) is 0 Å². The number of methoxy groups -OCH3 is 1. The molecule has 0 bridgehead atoms. The number of hydrogen-bond donors (Lipinski definition) is 1. The Morgan fingerprint density at radius 3 is 2.70 bits per heavy atom. The van der Waals surface area contributed by atoms with Crippen LogP contribution in [0.25, 0.3) is 6.08 Å². The molecule has 27 heavy (non-hydrogen) atoms. The maximum Gasteiger partial charge on any atom is 0.275 e. The Balaban J connectivity index is 1.76. The van der Waals surface area contributed by atoms with E-state index >= 15 is 0 Å². The third-order valence-corrected chi connectivity index (χ3v) is 4.46. The highest BCUT2D eigenvalue weighted by Crippen LogP contribution is 2.28. The third-order valence-electron chi connectivity index (χ3n) is 4.46. The van der Waals surface area contributed by atoms with Crippen LogP contribution in [0.4, 0.5) is 4.39 Å². The summed E-state index contributed by atoms with van der Waals surface area (Å²) in [6, 6.07) is 12.3. The van der Waals surface area contributed by atoms with E-state index in [0.29, 0.717) is 30.3 Å². The van der Waals surface area contributed by atoms with E-state index < -0.39 is 0 Å². The second-order valence-corrected chi connectivity index (χ2v) is 6.83. The van der Waals surface area contributed by atoms with Crippen molar-refractivity contribution in [2.24, 2.45) is 4.99 Å². The predicted octanol–water partition coefficient (Wildman–Crippen LogP) is 4.46. The maximum atomic E-state index is 13.3. The molecule has 0 aromatic heterocycles. The van der Waals surface area contributed by atoms with Crippen molar-refractivity contribution in [1.82, 2.24) is 5.32 Å². The lowest BCUT2D eigenvalue weighted by Crippen LogP contribution is -2.24. The standard InChI is InChI=1S/C22H23FN2O2/c1-14(2)18-12-16(7-9-20(18)27-3)13-19-22(26)25-21(24-19)10-8-15-5-4-6-17(23)11-15/h4-7,9,11-14H,8,10H2,1-3H3,(H,24,25,26)/b19-13+. The number of aliphatic imine (C=N–C) groups is 1. The number of hydrogen-bond acceptors (Lipinski definition) is 3. The molecule has 0 unspecified atom stereocenters. The van der Waals surface area contributed by atoms with Gasteiger partial charge in [0.15, 0.2) is 0 Å². The molecule has 4 nitrogen and oxygen atoms in total. The topological polar surface area (TPSA) is 50.7 Å². The van der Waals surface area contributed by atoms with Crippen LogP contribution in [0, 0.1) is 5.82 Å². The largest absolute Gasteiger partial charge is 0.496 e.